The van der Waals surface area contributed by atoms with Crippen LogP contribution in [0.2, 0.25) is 0 Å². The number of rotatable bonds is 2. The Kier molecular flexibility index (Phi) is 3.23. The second kappa shape index (κ2) is 6.01. The Bertz CT molecular complexity index is 1710. The minimum absolute atomic E-state index is 0.0193. The van der Waals surface area contributed by atoms with E-state index in [9.17, 15) is 10.2 Å². The second-order valence-corrected chi connectivity index (χ2v) is 7.94. The van der Waals surface area contributed by atoms with E-state index >= 15 is 0 Å². The number of aromatic nitrogens is 5. The first-order valence-corrected chi connectivity index (χ1v) is 10.4. The fourth-order valence-corrected chi connectivity index (χ4v) is 4.70. The molecule has 0 fully saturated rings. The summed E-state index contributed by atoms with van der Waals surface area (Å²) in [6.07, 6.45) is 0. The molecule has 7 nitrogen and oxygen atoms in total. The van der Waals surface area contributed by atoms with E-state index < -0.39 is 0 Å². The second-order valence-electron chi connectivity index (χ2n) is 7.94. The van der Waals surface area contributed by atoms with Crippen molar-refractivity contribution in [2.45, 2.75) is 6.54 Å². The molecule has 0 amide bonds. The predicted octanol–water partition coefficient (Wildman–Crippen LogP) is 4.70. The van der Waals surface area contributed by atoms with E-state index in [0.717, 1.165) is 27.6 Å². The molecule has 0 aliphatic rings. The third-order valence-electron chi connectivity index (χ3n) is 6.11. The van der Waals surface area contributed by atoms with Crippen LogP contribution in [0, 0.1) is 0 Å². The molecule has 0 radical (unpaired) electrons. The van der Waals surface area contributed by atoms with Crippen molar-refractivity contribution in [3.8, 4) is 11.8 Å². The monoisotopic (exact) mass is 419 g/mol. The maximum atomic E-state index is 11.4. The molecule has 0 aliphatic carbocycles. The first-order valence-electron chi connectivity index (χ1n) is 10.4. The zero-order chi connectivity index (χ0) is 21.4. The van der Waals surface area contributed by atoms with Gasteiger partial charge in [0.1, 0.15) is 11.0 Å². The molecule has 0 spiro atoms. The van der Waals surface area contributed by atoms with Gasteiger partial charge < -0.3 is 10.2 Å². The van der Waals surface area contributed by atoms with E-state index in [1.54, 1.807) is 0 Å². The van der Waals surface area contributed by atoms with Gasteiger partial charge in [-0.25, -0.2) is 9.97 Å². The van der Waals surface area contributed by atoms with Gasteiger partial charge in [-0.05, 0) is 29.8 Å². The minimum atomic E-state index is -0.0193. The van der Waals surface area contributed by atoms with E-state index in [1.807, 2.05) is 87.7 Å². The van der Waals surface area contributed by atoms with Crippen molar-refractivity contribution < 1.29 is 10.2 Å². The van der Waals surface area contributed by atoms with Crippen molar-refractivity contribution in [2.24, 2.45) is 0 Å². The third-order valence-corrected chi connectivity index (χ3v) is 6.11. The molecular formula is C25H17N5O2. The molecule has 0 bridgehead atoms. The van der Waals surface area contributed by atoms with Gasteiger partial charge in [0, 0.05) is 0 Å². The average Bonchev–Trinajstić information content (AvgIpc) is 3.46. The number of para-hydroxylation sites is 4. The van der Waals surface area contributed by atoms with Gasteiger partial charge in [0.05, 0.1) is 28.6 Å². The van der Waals surface area contributed by atoms with Crippen molar-refractivity contribution in [1.82, 2.24) is 23.3 Å². The molecule has 32 heavy (non-hydrogen) atoms. The molecule has 4 aromatic heterocycles. The van der Waals surface area contributed by atoms with Crippen LogP contribution in [0.4, 0.5) is 0 Å². The Labute approximate surface area is 181 Å². The zero-order valence-electron chi connectivity index (χ0n) is 16.8. The summed E-state index contributed by atoms with van der Waals surface area (Å²) < 4.78 is 5.31. The molecule has 0 saturated heterocycles. The van der Waals surface area contributed by atoms with E-state index in [0.29, 0.717) is 28.9 Å². The highest BCUT2D eigenvalue weighted by Crippen LogP contribution is 2.41. The fourth-order valence-electron chi connectivity index (χ4n) is 4.70. The van der Waals surface area contributed by atoms with Crippen LogP contribution in [0.15, 0.2) is 78.9 Å². The molecule has 154 valence electrons. The van der Waals surface area contributed by atoms with Crippen molar-refractivity contribution in [2.75, 3.05) is 0 Å². The highest BCUT2D eigenvalue weighted by molar-refractivity contribution is 6.02. The molecule has 7 rings (SSSR count). The van der Waals surface area contributed by atoms with Crippen LogP contribution in [-0.4, -0.2) is 33.5 Å². The Balaban J connectivity index is 1.74. The third kappa shape index (κ3) is 2.09. The summed E-state index contributed by atoms with van der Waals surface area (Å²) in [6, 6.07) is 25.3. The number of hydrogen-bond acceptors (Lipinski definition) is 4. The van der Waals surface area contributed by atoms with Gasteiger partial charge in [0.15, 0.2) is 11.3 Å². The summed E-state index contributed by atoms with van der Waals surface area (Å²) in [5, 5.41) is 22.8. The first kappa shape index (κ1) is 17.2. The normalized spacial score (nSPS) is 12.1. The maximum absolute atomic E-state index is 11.4. The van der Waals surface area contributed by atoms with Gasteiger partial charge >= 0.3 is 0 Å². The van der Waals surface area contributed by atoms with Crippen LogP contribution >= 0.6 is 0 Å². The summed E-state index contributed by atoms with van der Waals surface area (Å²) >= 11 is 0. The van der Waals surface area contributed by atoms with Crippen molar-refractivity contribution in [1.29, 1.82) is 0 Å². The Morgan fingerprint density at radius 1 is 0.594 bits per heavy atom. The van der Waals surface area contributed by atoms with E-state index in [1.165, 1.54) is 4.57 Å². The van der Waals surface area contributed by atoms with Crippen LogP contribution in [0.1, 0.15) is 5.56 Å². The first-order chi connectivity index (χ1) is 15.7. The lowest BCUT2D eigenvalue weighted by Crippen LogP contribution is -1.98. The van der Waals surface area contributed by atoms with Crippen LogP contribution in [0.3, 0.4) is 0 Å². The molecule has 3 aromatic carbocycles. The largest absolute Gasteiger partial charge is 0.493 e. The van der Waals surface area contributed by atoms with E-state index in [4.69, 9.17) is 9.97 Å². The van der Waals surface area contributed by atoms with Gasteiger partial charge in [-0.1, -0.05) is 54.6 Å². The summed E-state index contributed by atoms with van der Waals surface area (Å²) in [7, 11) is 0. The lowest BCUT2D eigenvalue weighted by molar-refractivity contribution is 0.380. The summed E-state index contributed by atoms with van der Waals surface area (Å²) in [4.78, 5) is 9.66. The van der Waals surface area contributed by atoms with Gasteiger partial charge in [-0.15, -0.1) is 0 Å². The summed E-state index contributed by atoms with van der Waals surface area (Å²) in [6.45, 7) is 0.329. The van der Waals surface area contributed by atoms with Gasteiger partial charge in [0.2, 0.25) is 11.8 Å². The van der Waals surface area contributed by atoms with Crippen molar-refractivity contribution >= 4 is 44.4 Å². The number of fused-ring (bicyclic) bond motifs is 10. The lowest BCUT2D eigenvalue weighted by Gasteiger charge is -2.06. The molecule has 7 aromatic rings. The fraction of sp³-hybridized carbons (Fsp3) is 0.0400. The predicted molar refractivity (Wildman–Crippen MR) is 123 cm³/mol. The highest BCUT2D eigenvalue weighted by atomic mass is 16.3. The summed E-state index contributed by atoms with van der Waals surface area (Å²) in [5.74, 6) is -0.0385. The highest BCUT2D eigenvalue weighted by Gasteiger charge is 2.26. The lowest BCUT2D eigenvalue weighted by atomic mass is 10.2. The number of nitrogens with zero attached hydrogens (tertiary/aromatic N) is 5. The van der Waals surface area contributed by atoms with Crippen LogP contribution in [0.25, 0.3) is 44.4 Å². The van der Waals surface area contributed by atoms with Crippen molar-refractivity contribution in [3.05, 3.63) is 84.4 Å². The van der Waals surface area contributed by atoms with Crippen LogP contribution in [-0.2, 0) is 6.54 Å². The quantitative estimate of drug-likeness (QED) is 0.426. The number of aromatic hydroxyl groups is 2. The molecule has 0 unspecified atom stereocenters. The Morgan fingerprint density at radius 2 is 1.06 bits per heavy atom. The molecule has 2 N–H and O–H groups in total. The van der Waals surface area contributed by atoms with Crippen LogP contribution < -0.4 is 0 Å². The minimum Gasteiger partial charge on any atom is -0.493 e. The molecule has 4 heterocycles. The number of imidazole rings is 2. The van der Waals surface area contributed by atoms with Gasteiger partial charge in [0.25, 0.3) is 0 Å². The van der Waals surface area contributed by atoms with E-state index in [2.05, 4.69) is 0 Å². The Morgan fingerprint density at radius 3 is 1.59 bits per heavy atom. The topological polar surface area (TPSA) is 80.0 Å². The smallest absolute Gasteiger partial charge is 0.221 e. The molecule has 0 saturated carbocycles. The van der Waals surface area contributed by atoms with Gasteiger partial charge in [-0.3, -0.25) is 13.4 Å². The number of benzene rings is 3. The molecular weight excluding hydrogens is 402 g/mol. The molecule has 7 heteroatoms. The number of hydrogen-bond donors (Lipinski definition) is 2. The van der Waals surface area contributed by atoms with Crippen molar-refractivity contribution in [3.63, 3.8) is 0 Å². The molecule has 0 atom stereocenters. The molecule has 0 aliphatic heterocycles. The van der Waals surface area contributed by atoms with Crippen LogP contribution in [0.5, 0.6) is 11.8 Å². The standard InChI is InChI=1S/C25H17N5O2/c31-24-20-21(25(32)28(24)14-15-8-2-1-3-9-15)30-19-13-7-5-11-17(19)27-23(30)22-26-16-10-4-6-12-18(16)29(20)22/h1-13,31-32H,14H2. The summed E-state index contributed by atoms with van der Waals surface area (Å²) in [5.41, 5.74) is 6.49. The van der Waals surface area contributed by atoms with E-state index in [-0.39, 0.29) is 11.8 Å². The van der Waals surface area contributed by atoms with Gasteiger partial charge in [-0.2, -0.15) is 0 Å². The Hall–Kier alpha value is -4.52. The maximum Gasteiger partial charge on any atom is 0.221 e. The SMILES string of the molecule is Oc1c2c(c(O)n1Cc1ccccc1)n1c3ccccc3nc1c1nc3ccccc3n12. The zero-order valence-corrected chi connectivity index (χ0v) is 16.8. The average molecular weight is 419 g/mol.